The number of hydrogen-bond donors (Lipinski definition) is 1. The lowest BCUT2D eigenvalue weighted by Crippen LogP contribution is -2.41. The van der Waals surface area contributed by atoms with Gasteiger partial charge in [0, 0.05) is 12.1 Å². The van der Waals surface area contributed by atoms with Crippen LogP contribution < -0.4 is 14.8 Å². The molecule has 3 heteroatoms. The van der Waals surface area contributed by atoms with Gasteiger partial charge in [-0.15, -0.1) is 0 Å². The van der Waals surface area contributed by atoms with Gasteiger partial charge < -0.3 is 14.8 Å². The summed E-state index contributed by atoms with van der Waals surface area (Å²) in [6, 6.07) is 14.5. The van der Waals surface area contributed by atoms with Crippen molar-refractivity contribution in [1.29, 1.82) is 0 Å². The third-order valence-corrected chi connectivity index (χ3v) is 4.70. The van der Waals surface area contributed by atoms with E-state index >= 15 is 0 Å². The fourth-order valence-corrected chi connectivity index (χ4v) is 3.71. The van der Waals surface area contributed by atoms with Crippen LogP contribution in [0.15, 0.2) is 42.5 Å². The van der Waals surface area contributed by atoms with E-state index in [0.29, 0.717) is 18.6 Å². The Morgan fingerprint density at radius 2 is 1.61 bits per heavy atom. The van der Waals surface area contributed by atoms with Crippen LogP contribution in [0.25, 0.3) is 0 Å². The molecule has 0 bridgehead atoms. The minimum absolute atomic E-state index is 0.0734. The molecule has 0 aliphatic carbocycles. The normalized spacial score (nSPS) is 12.1. The Bertz CT molecular complexity index is 759. The highest BCUT2D eigenvalue weighted by atomic mass is 16.5. The molecule has 0 unspecified atom stereocenters. The highest BCUT2D eigenvalue weighted by Crippen LogP contribution is 2.31. The van der Waals surface area contributed by atoms with Crippen molar-refractivity contribution in [3.05, 3.63) is 59.2 Å². The summed E-state index contributed by atoms with van der Waals surface area (Å²) in [7, 11) is 0. The maximum atomic E-state index is 6.08. The van der Waals surface area contributed by atoms with Crippen molar-refractivity contribution in [2.24, 2.45) is 5.41 Å². The average molecular weight is 384 g/mol. The Labute approximate surface area is 171 Å². The zero-order chi connectivity index (χ0) is 20.8. The lowest BCUT2D eigenvalue weighted by Gasteiger charge is -2.33. The summed E-state index contributed by atoms with van der Waals surface area (Å²) in [5, 5.41) is 3.69. The molecule has 0 radical (unpaired) electrons. The molecule has 0 fully saturated rings. The quantitative estimate of drug-likeness (QED) is 0.553. The van der Waals surface area contributed by atoms with Crippen LogP contribution in [-0.2, 0) is 13.2 Å². The van der Waals surface area contributed by atoms with Crippen molar-refractivity contribution in [3.8, 4) is 11.5 Å². The number of hydrogen-bond acceptors (Lipinski definition) is 3. The van der Waals surface area contributed by atoms with Crippen LogP contribution in [-0.4, -0.2) is 12.1 Å². The summed E-state index contributed by atoms with van der Waals surface area (Å²) in [6.45, 7) is 17.5. The van der Waals surface area contributed by atoms with Crippen molar-refractivity contribution >= 4 is 0 Å². The fraction of sp³-hybridized carbons (Fsp3) is 0.520. The fourth-order valence-electron chi connectivity index (χ4n) is 3.71. The Hall–Kier alpha value is -2.00. The lowest BCUT2D eigenvalue weighted by molar-refractivity contribution is 0.240. The summed E-state index contributed by atoms with van der Waals surface area (Å²) >= 11 is 0. The molecule has 0 saturated carbocycles. The van der Waals surface area contributed by atoms with E-state index in [2.05, 4.69) is 71.1 Å². The van der Waals surface area contributed by atoms with Crippen LogP contribution in [0, 0.1) is 12.3 Å². The molecule has 28 heavy (non-hydrogen) atoms. The minimum Gasteiger partial charge on any atom is -0.490 e. The van der Waals surface area contributed by atoms with E-state index in [0.717, 1.165) is 24.5 Å². The molecule has 0 spiro atoms. The van der Waals surface area contributed by atoms with Gasteiger partial charge in [0.05, 0.1) is 6.61 Å². The van der Waals surface area contributed by atoms with E-state index in [9.17, 15) is 0 Å². The number of ether oxygens (including phenoxy) is 2. The molecule has 2 rings (SSSR count). The van der Waals surface area contributed by atoms with Gasteiger partial charge in [-0.2, -0.15) is 0 Å². The zero-order valence-electron chi connectivity index (χ0n) is 18.7. The number of rotatable bonds is 9. The van der Waals surface area contributed by atoms with E-state index in [4.69, 9.17) is 9.47 Å². The van der Waals surface area contributed by atoms with E-state index in [1.165, 1.54) is 16.7 Å². The highest BCUT2D eigenvalue weighted by molar-refractivity contribution is 5.43. The second kappa shape index (κ2) is 9.47. The monoisotopic (exact) mass is 383 g/mol. The van der Waals surface area contributed by atoms with Gasteiger partial charge in [-0.3, -0.25) is 0 Å². The van der Waals surface area contributed by atoms with E-state index < -0.39 is 0 Å². The van der Waals surface area contributed by atoms with Crippen molar-refractivity contribution in [3.63, 3.8) is 0 Å². The number of aryl methyl sites for hydroxylation is 1. The van der Waals surface area contributed by atoms with Crippen molar-refractivity contribution in [2.75, 3.05) is 6.61 Å². The number of benzene rings is 2. The summed E-state index contributed by atoms with van der Waals surface area (Å²) in [4.78, 5) is 0. The molecule has 2 aromatic rings. The summed E-state index contributed by atoms with van der Waals surface area (Å²) in [5.41, 5.74) is 4.00. The lowest BCUT2D eigenvalue weighted by atomic mass is 9.82. The first-order valence-electron chi connectivity index (χ1n) is 10.3. The largest absolute Gasteiger partial charge is 0.490 e. The minimum atomic E-state index is 0.0734. The first-order valence-corrected chi connectivity index (χ1v) is 10.3. The third kappa shape index (κ3) is 7.20. The molecular weight excluding hydrogens is 346 g/mol. The van der Waals surface area contributed by atoms with Crippen LogP contribution in [0.5, 0.6) is 11.5 Å². The molecule has 2 aromatic carbocycles. The first kappa shape index (κ1) is 22.3. The molecule has 0 aliphatic rings. The van der Waals surface area contributed by atoms with Gasteiger partial charge in [0.25, 0.3) is 0 Å². The maximum absolute atomic E-state index is 6.08. The van der Waals surface area contributed by atoms with Crippen LogP contribution in [0.3, 0.4) is 0 Å². The summed E-state index contributed by atoms with van der Waals surface area (Å²) in [6.07, 6.45) is 1.11. The molecular formula is C25H37NO2. The average Bonchev–Trinajstić information content (AvgIpc) is 2.59. The molecule has 0 aliphatic heterocycles. The van der Waals surface area contributed by atoms with Gasteiger partial charge >= 0.3 is 0 Å². The van der Waals surface area contributed by atoms with Gasteiger partial charge in [-0.25, -0.2) is 0 Å². The van der Waals surface area contributed by atoms with Gasteiger partial charge in [0.1, 0.15) is 6.61 Å². The molecule has 0 amide bonds. The van der Waals surface area contributed by atoms with Crippen molar-refractivity contribution in [1.82, 2.24) is 5.32 Å². The van der Waals surface area contributed by atoms with E-state index in [1.807, 2.05) is 25.1 Å². The molecule has 154 valence electrons. The molecule has 3 nitrogen and oxygen atoms in total. The summed E-state index contributed by atoms with van der Waals surface area (Å²) < 4.78 is 11.9. The standard InChI is InChI=1S/C25H37NO2/c1-8-27-23-15-20(16-26-25(6,7)18-24(3,4)5)13-14-22(23)28-17-21-12-10-9-11-19(21)2/h9-15,26H,8,16-18H2,1-7H3. The maximum Gasteiger partial charge on any atom is 0.161 e. The van der Waals surface area contributed by atoms with E-state index in [-0.39, 0.29) is 5.54 Å². The smallest absolute Gasteiger partial charge is 0.161 e. The molecule has 0 saturated heterocycles. The second-order valence-corrected chi connectivity index (χ2v) is 9.40. The molecule has 0 atom stereocenters. The Kier molecular flexibility index (Phi) is 7.54. The molecule has 0 heterocycles. The summed E-state index contributed by atoms with van der Waals surface area (Å²) in [5.74, 6) is 1.60. The van der Waals surface area contributed by atoms with Gasteiger partial charge in [-0.1, -0.05) is 51.1 Å². The van der Waals surface area contributed by atoms with Gasteiger partial charge in [0.2, 0.25) is 0 Å². The van der Waals surface area contributed by atoms with Crippen LogP contribution in [0.1, 0.15) is 64.7 Å². The Morgan fingerprint density at radius 3 is 2.25 bits per heavy atom. The van der Waals surface area contributed by atoms with Crippen LogP contribution in [0.4, 0.5) is 0 Å². The predicted molar refractivity (Wildman–Crippen MR) is 118 cm³/mol. The van der Waals surface area contributed by atoms with Crippen molar-refractivity contribution in [2.45, 2.75) is 73.6 Å². The third-order valence-electron chi connectivity index (χ3n) is 4.70. The van der Waals surface area contributed by atoms with Crippen LogP contribution in [0.2, 0.25) is 0 Å². The number of nitrogens with one attached hydrogen (secondary N) is 1. The predicted octanol–water partition coefficient (Wildman–Crippen LogP) is 6.28. The Balaban J connectivity index is 2.06. The van der Waals surface area contributed by atoms with Gasteiger partial charge in [-0.05, 0) is 68.4 Å². The van der Waals surface area contributed by atoms with E-state index in [1.54, 1.807) is 0 Å². The first-order chi connectivity index (χ1) is 13.1. The SMILES string of the molecule is CCOc1cc(CNC(C)(C)CC(C)(C)C)ccc1OCc1ccccc1C. The Morgan fingerprint density at radius 1 is 0.893 bits per heavy atom. The van der Waals surface area contributed by atoms with Crippen molar-refractivity contribution < 1.29 is 9.47 Å². The highest BCUT2D eigenvalue weighted by Gasteiger charge is 2.24. The second-order valence-electron chi connectivity index (χ2n) is 9.40. The zero-order valence-corrected chi connectivity index (χ0v) is 18.7. The van der Waals surface area contributed by atoms with Gasteiger partial charge in [0.15, 0.2) is 11.5 Å². The molecule has 0 aromatic heterocycles. The topological polar surface area (TPSA) is 30.5 Å². The molecule has 1 N–H and O–H groups in total. The van der Waals surface area contributed by atoms with Crippen LogP contribution >= 0.6 is 0 Å².